The van der Waals surface area contributed by atoms with E-state index in [1.54, 1.807) is 14.2 Å². The van der Waals surface area contributed by atoms with E-state index < -0.39 is 10.0 Å². The fourth-order valence-corrected chi connectivity index (χ4v) is 4.11. The third kappa shape index (κ3) is 4.81. The maximum Gasteiger partial charge on any atom is 0.208 e. The highest BCUT2D eigenvalue weighted by molar-refractivity contribution is 7.88. The van der Waals surface area contributed by atoms with E-state index in [-0.39, 0.29) is 0 Å². The normalized spacial score (nSPS) is 15.9. The van der Waals surface area contributed by atoms with Crippen molar-refractivity contribution in [1.29, 1.82) is 0 Å². The van der Waals surface area contributed by atoms with Crippen molar-refractivity contribution >= 4 is 26.6 Å². The van der Waals surface area contributed by atoms with Crippen LogP contribution >= 0.6 is 0 Å². The van der Waals surface area contributed by atoms with Crippen molar-refractivity contribution in [1.82, 2.24) is 9.71 Å². The zero-order valence-corrected chi connectivity index (χ0v) is 16.9. The summed E-state index contributed by atoms with van der Waals surface area (Å²) in [5.41, 5.74) is 0. The summed E-state index contributed by atoms with van der Waals surface area (Å²) < 4.78 is 35.8. The number of fused-ring (bicyclic) bond motifs is 1. The van der Waals surface area contributed by atoms with Crippen LogP contribution in [0.3, 0.4) is 0 Å². The van der Waals surface area contributed by atoms with Gasteiger partial charge >= 0.3 is 0 Å². The van der Waals surface area contributed by atoms with Crippen LogP contribution in [0.25, 0.3) is 10.8 Å². The van der Waals surface area contributed by atoms with Crippen LogP contribution in [0.5, 0.6) is 11.5 Å². The molecule has 0 atom stereocenters. The molecule has 1 fully saturated rings. The van der Waals surface area contributed by atoms with Crippen LogP contribution in [0.15, 0.2) is 24.4 Å². The number of hydrogen-bond acceptors (Lipinski definition) is 6. The lowest BCUT2D eigenvalue weighted by Crippen LogP contribution is -2.35. The minimum absolute atomic E-state index is 0.507. The fraction of sp³-hybridized carbons (Fsp3) is 0.526. The maximum absolute atomic E-state index is 11.2. The van der Waals surface area contributed by atoms with E-state index in [0.29, 0.717) is 24.0 Å². The first-order valence-electron chi connectivity index (χ1n) is 9.11. The fourth-order valence-electron chi connectivity index (χ4n) is 3.62. The number of anilines is 1. The standard InChI is InChI=1S/C19H27N3O4S/c1-25-17-12-15-5-8-20-19(16(15)13-18(17)26-2)22-10-6-14(7-11-22)4-9-21-27(3,23)24/h5,8,12-14,21H,4,6-7,9-11H2,1-3H3. The molecular formula is C19H27N3O4S. The molecule has 0 amide bonds. The van der Waals surface area contributed by atoms with Crippen LogP contribution in [0.4, 0.5) is 5.82 Å². The molecule has 2 aromatic rings. The number of aromatic nitrogens is 1. The molecule has 148 valence electrons. The molecule has 7 nitrogen and oxygen atoms in total. The van der Waals surface area contributed by atoms with Gasteiger partial charge in [-0.3, -0.25) is 0 Å². The van der Waals surface area contributed by atoms with Crippen molar-refractivity contribution in [2.75, 3.05) is 45.0 Å². The monoisotopic (exact) mass is 393 g/mol. The van der Waals surface area contributed by atoms with Gasteiger partial charge in [0.05, 0.1) is 20.5 Å². The lowest BCUT2D eigenvalue weighted by atomic mass is 9.93. The predicted molar refractivity (Wildman–Crippen MR) is 107 cm³/mol. The van der Waals surface area contributed by atoms with Crippen molar-refractivity contribution in [3.63, 3.8) is 0 Å². The number of nitrogens with zero attached hydrogens (tertiary/aromatic N) is 2. The SMILES string of the molecule is COc1cc2ccnc(N3CCC(CCNS(C)(=O)=O)CC3)c2cc1OC. The number of piperidine rings is 1. The van der Waals surface area contributed by atoms with Gasteiger partial charge in [-0.2, -0.15) is 0 Å². The predicted octanol–water partition coefficient (Wildman–Crippen LogP) is 2.41. The second-order valence-electron chi connectivity index (χ2n) is 6.95. The topological polar surface area (TPSA) is 80.8 Å². The van der Waals surface area contributed by atoms with Crippen LogP contribution in [0.2, 0.25) is 0 Å². The van der Waals surface area contributed by atoms with Crippen LogP contribution in [-0.4, -0.2) is 53.5 Å². The van der Waals surface area contributed by atoms with E-state index >= 15 is 0 Å². The van der Waals surface area contributed by atoms with Crippen molar-refractivity contribution < 1.29 is 17.9 Å². The number of methoxy groups -OCH3 is 2. The summed E-state index contributed by atoms with van der Waals surface area (Å²) in [5, 5.41) is 2.12. The Labute approximate surface area is 160 Å². The highest BCUT2D eigenvalue weighted by Gasteiger charge is 2.22. The van der Waals surface area contributed by atoms with Gasteiger partial charge in [0, 0.05) is 31.2 Å². The highest BCUT2D eigenvalue weighted by atomic mass is 32.2. The smallest absolute Gasteiger partial charge is 0.208 e. The molecule has 0 radical (unpaired) electrons. The molecule has 3 rings (SSSR count). The number of nitrogens with one attached hydrogen (secondary N) is 1. The molecule has 0 aliphatic carbocycles. The summed E-state index contributed by atoms with van der Waals surface area (Å²) in [5.74, 6) is 2.89. The molecule has 8 heteroatoms. The molecular weight excluding hydrogens is 366 g/mol. The van der Waals surface area contributed by atoms with Gasteiger partial charge in [-0.15, -0.1) is 0 Å². The Balaban J connectivity index is 1.71. The third-order valence-corrected chi connectivity index (χ3v) is 5.81. The Morgan fingerprint density at radius 1 is 1.19 bits per heavy atom. The lowest BCUT2D eigenvalue weighted by molar-refractivity contribution is 0.356. The Hall–Kier alpha value is -2.06. The molecule has 1 aromatic heterocycles. The summed E-state index contributed by atoms with van der Waals surface area (Å²) in [7, 11) is 0.161. The van der Waals surface area contributed by atoms with E-state index in [4.69, 9.17) is 9.47 Å². The molecule has 1 aromatic carbocycles. The molecule has 1 aliphatic heterocycles. The van der Waals surface area contributed by atoms with Gasteiger partial charge in [-0.05, 0) is 48.8 Å². The molecule has 1 N–H and O–H groups in total. The van der Waals surface area contributed by atoms with Crippen molar-refractivity contribution in [2.45, 2.75) is 19.3 Å². The first-order chi connectivity index (χ1) is 12.9. The first-order valence-corrected chi connectivity index (χ1v) is 11.0. The molecule has 2 heterocycles. The van der Waals surface area contributed by atoms with Gasteiger partial charge in [-0.1, -0.05) is 0 Å². The number of sulfonamides is 1. The van der Waals surface area contributed by atoms with E-state index in [1.807, 2.05) is 24.4 Å². The summed E-state index contributed by atoms with van der Waals surface area (Å²) in [4.78, 5) is 6.92. The number of ether oxygens (including phenoxy) is 2. The van der Waals surface area contributed by atoms with Crippen LogP contribution in [0.1, 0.15) is 19.3 Å². The minimum Gasteiger partial charge on any atom is -0.493 e. The average molecular weight is 394 g/mol. The van der Waals surface area contributed by atoms with Gasteiger partial charge in [0.2, 0.25) is 10.0 Å². The summed E-state index contributed by atoms with van der Waals surface area (Å²) in [6, 6.07) is 5.94. The molecule has 1 saturated heterocycles. The molecule has 0 unspecified atom stereocenters. The number of rotatable bonds is 7. The maximum atomic E-state index is 11.2. The third-order valence-electron chi connectivity index (χ3n) is 5.08. The van der Waals surface area contributed by atoms with E-state index in [1.165, 1.54) is 6.26 Å². The van der Waals surface area contributed by atoms with Gasteiger partial charge in [0.1, 0.15) is 5.82 Å². The summed E-state index contributed by atoms with van der Waals surface area (Å²) in [6.07, 6.45) is 5.94. The van der Waals surface area contributed by atoms with E-state index in [2.05, 4.69) is 14.6 Å². The van der Waals surface area contributed by atoms with Crippen LogP contribution in [-0.2, 0) is 10.0 Å². The largest absolute Gasteiger partial charge is 0.493 e. The highest BCUT2D eigenvalue weighted by Crippen LogP contribution is 2.36. The molecule has 0 bridgehead atoms. The zero-order valence-electron chi connectivity index (χ0n) is 16.1. The minimum atomic E-state index is -3.11. The average Bonchev–Trinajstić information content (AvgIpc) is 2.66. The van der Waals surface area contributed by atoms with E-state index in [0.717, 1.165) is 48.9 Å². The molecule has 0 spiro atoms. The summed E-state index contributed by atoms with van der Waals surface area (Å²) >= 11 is 0. The van der Waals surface area contributed by atoms with Crippen molar-refractivity contribution in [3.05, 3.63) is 24.4 Å². The molecule has 0 saturated carbocycles. The van der Waals surface area contributed by atoms with Crippen LogP contribution in [0, 0.1) is 5.92 Å². The van der Waals surface area contributed by atoms with E-state index in [9.17, 15) is 8.42 Å². The number of pyridine rings is 1. The lowest BCUT2D eigenvalue weighted by Gasteiger charge is -2.33. The molecule has 27 heavy (non-hydrogen) atoms. The number of benzene rings is 1. The zero-order chi connectivity index (χ0) is 19.4. The van der Waals surface area contributed by atoms with Gasteiger partial charge in [0.25, 0.3) is 0 Å². The van der Waals surface area contributed by atoms with Gasteiger partial charge in [0.15, 0.2) is 11.5 Å². The van der Waals surface area contributed by atoms with Gasteiger partial charge < -0.3 is 14.4 Å². The van der Waals surface area contributed by atoms with Crippen LogP contribution < -0.4 is 19.1 Å². The Morgan fingerprint density at radius 3 is 2.48 bits per heavy atom. The Bertz CT molecular complexity index is 893. The first kappa shape index (κ1) is 19.7. The Kier molecular flexibility index (Phi) is 6.06. The second-order valence-corrected chi connectivity index (χ2v) is 8.78. The van der Waals surface area contributed by atoms with Crippen molar-refractivity contribution in [3.8, 4) is 11.5 Å². The molecule has 1 aliphatic rings. The Morgan fingerprint density at radius 2 is 1.85 bits per heavy atom. The second kappa shape index (κ2) is 8.31. The summed E-state index contributed by atoms with van der Waals surface area (Å²) in [6.45, 7) is 2.32. The quantitative estimate of drug-likeness (QED) is 0.778. The van der Waals surface area contributed by atoms with Gasteiger partial charge in [-0.25, -0.2) is 18.1 Å². The van der Waals surface area contributed by atoms with Crippen molar-refractivity contribution in [2.24, 2.45) is 5.92 Å². The number of hydrogen-bond donors (Lipinski definition) is 1.